The highest BCUT2D eigenvalue weighted by atomic mass is 16.5. The van der Waals surface area contributed by atoms with Crippen LogP contribution in [0.3, 0.4) is 0 Å². The third-order valence-electron chi connectivity index (χ3n) is 7.18. The van der Waals surface area contributed by atoms with Crippen molar-refractivity contribution in [3.63, 3.8) is 0 Å². The van der Waals surface area contributed by atoms with E-state index in [4.69, 9.17) is 4.74 Å². The van der Waals surface area contributed by atoms with Gasteiger partial charge in [0.2, 0.25) is 0 Å². The number of aromatic amines is 1. The summed E-state index contributed by atoms with van der Waals surface area (Å²) in [4.78, 5) is 18.8. The van der Waals surface area contributed by atoms with Gasteiger partial charge in [0.05, 0.1) is 12.1 Å². The number of nitrogens with zero attached hydrogens (tertiary/aromatic N) is 5. The Kier molecular flexibility index (Phi) is 6.83. The summed E-state index contributed by atoms with van der Waals surface area (Å²) in [6.45, 7) is 8.94. The van der Waals surface area contributed by atoms with Gasteiger partial charge in [-0.05, 0) is 81.8 Å². The molecule has 1 aliphatic carbocycles. The maximum atomic E-state index is 13.4. The fourth-order valence-corrected chi connectivity index (χ4v) is 4.85. The van der Waals surface area contributed by atoms with E-state index in [-0.39, 0.29) is 17.1 Å². The van der Waals surface area contributed by atoms with Crippen molar-refractivity contribution >= 4 is 10.9 Å². The number of nitrogens with one attached hydrogen (secondary N) is 1. The highest BCUT2D eigenvalue weighted by Crippen LogP contribution is 2.34. The molecule has 1 N–H and O–H groups in total. The number of rotatable bonds is 8. The molecule has 33 heavy (non-hydrogen) atoms. The first-order valence-corrected chi connectivity index (χ1v) is 12.2. The second-order valence-corrected chi connectivity index (χ2v) is 9.71. The normalized spacial score (nSPS) is 16.4. The summed E-state index contributed by atoms with van der Waals surface area (Å²) in [6, 6.07) is 7.78. The van der Waals surface area contributed by atoms with Gasteiger partial charge in [0.25, 0.3) is 5.56 Å². The summed E-state index contributed by atoms with van der Waals surface area (Å²) in [7, 11) is 2.11. The van der Waals surface area contributed by atoms with Crippen LogP contribution in [0, 0.1) is 0 Å². The van der Waals surface area contributed by atoms with Crippen molar-refractivity contribution in [2.24, 2.45) is 0 Å². The standard InChI is InChI=1S/C25H36N6O2/c1-6-25(3,4)31-23(27-28-29-31)22(30(5)18-11-9-8-10-12-18)20-16-17-15-19(33-7-2)13-14-21(17)26-24(20)32/h13-16,18,22H,6-12H2,1-5H3,(H,26,32). The largest absolute Gasteiger partial charge is 0.494 e. The van der Waals surface area contributed by atoms with E-state index in [2.05, 4.69) is 53.2 Å². The predicted octanol–water partition coefficient (Wildman–Crippen LogP) is 4.41. The molecule has 3 aromatic rings. The highest BCUT2D eigenvalue weighted by molar-refractivity contribution is 5.80. The first-order chi connectivity index (χ1) is 15.9. The average Bonchev–Trinajstić information content (AvgIpc) is 3.31. The van der Waals surface area contributed by atoms with Gasteiger partial charge < -0.3 is 9.72 Å². The van der Waals surface area contributed by atoms with E-state index in [1.807, 2.05) is 35.9 Å². The molecule has 0 aliphatic heterocycles. The minimum atomic E-state index is -0.349. The molecule has 1 saturated carbocycles. The lowest BCUT2D eigenvalue weighted by molar-refractivity contribution is 0.142. The van der Waals surface area contributed by atoms with E-state index < -0.39 is 0 Å². The molecular formula is C25H36N6O2. The fourth-order valence-electron chi connectivity index (χ4n) is 4.85. The zero-order valence-electron chi connectivity index (χ0n) is 20.5. The van der Waals surface area contributed by atoms with Crippen molar-refractivity contribution in [2.45, 2.75) is 83.8 Å². The molecule has 8 heteroatoms. The molecule has 0 saturated heterocycles. The van der Waals surface area contributed by atoms with Gasteiger partial charge in [-0.15, -0.1) is 5.10 Å². The number of tetrazole rings is 1. The molecule has 1 fully saturated rings. The third-order valence-corrected chi connectivity index (χ3v) is 7.18. The number of H-pyrrole nitrogens is 1. The van der Waals surface area contributed by atoms with Gasteiger partial charge in [0.15, 0.2) is 5.82 Å². The van der Waals surface area contributed by atoms with Crippen molar-refractivity contribution in [3.05, 3.63) is 46.0 Å². The Labute approximate surface area is 195 Å². The molecule has 0 radical (unpaired) electrons. The van der Waals surface area contributed by atoms with E-state index in [0.29, 0.717) is 24.0 Å². The Bertz CT molecular complexity index is 1150. The third kappa shape index (κ3) is 4.67. The molecule has 0 spiro atoms. The molecule has 2 heterocycles. The van der Waals surface area contributed by atoms with Crippen LogP contribution in [0.4, 0.5) is 0 Å². The van der Waals surface area contributed by atoms with Gasteiger partial charge in [0, 0.05) is 22.5 Å². The zero-order valence-corrected chi connectivity index (χ0v) is 20.5. The smallest absolute Gasteiger partial charge is 0.253 e. The maximum Gasteiger partial charge on any atom is 0.253 e. The summed E-state index contributed by atoms with van der Waals surface area (Å²) in [5, 5.41) is 13.8. The van der Waals surface area contributed by atoms with E-state index in [1.165, 1.54) is 19.3 Å². The van der Waals surface area contributed by atoms with Gasteiger partial charge in [-0.3, -0.25) is 9.69 Å². The summed E-state index contributed by atoms with van der Waals surface area (Å²) < 4.78 is 7.60. The lowest BCUT2D eigenvalue weighted by Gasteiger charge is -2.37. The SMILES string of the molecule is CCOc1ccc2[nH]c(=O)c(C(c3nnnn3C(C)(C)CC)N(C)C3CCCCC3)cc2c1. The van der Waals surface area contributed by atoms with Crippen molar-refractivity contribution in [1.29, 1.82) is 0 Å². The van der Waals surface area contributed by atoms with Crippen LogP contribution in [0.2, 0.25) is 0 Å². The molecule has 1 aliphatic rings. The Balaban J connectivity index is 1.88. The van der Waals surface area contributed by atoms with Crippen molar-refractivity contribution in [1.82, 2.24) is 30.1 Å². The van der Waals surface area contributed by atoms with E-state index in [9.17, 15) is 4.79 Å². The molecule has 1 unspecified atom stereocenters. The Morgan fingerprint density at radius 1 is 1.21 bits per heavy atom. The minimum Gasteiger partial charge on any atom is -0.494 e. The summed E-state index contributed by atoms with van der Waals surface area (Å²) in [6.07, 6.45) is 6.79. The summed E-state index contributed by atoms with van der Waals surface area (Å²) in [5.74, 6) is 1.50. The molecule has 2 aromatic heterocycles. The van der Waals surface area contributed by atoms with E-state index in [1.54, 1.807) is 0 Å². The molecule has 8 nitrogen and oxygen atoms in total. The van der Waals surface area contributed by atoms with Gasteiger partial charge in [-0.25, -0.2) is 4.68 Å². The maximum absolute atomic E-state index is 13.4. The van der Waals surface area contributed by atoms with Crippen LogP contribution in [0.1, 0.15) is 83.6 Å². The van der Waals surface area contributed by atoms with Crippen molar-refractivity contribution in [3.8, 4) is 5.75 Å². The van der Waals surface area contributed by atoms with Crippen LogP contribution >= 0.6 is 0 Å². The van der Waals surface area contributed by atoms with Crippen LogP contribution < -0.4 is 10.3 Å². The second kappa shape index (κ2) is 9.63. The molecule has 1 atom stereocenters. The topological polar surface area (TPSA) is 88.9 Å². The number of ether oxygens (including phenoxy) is 1. The lowest BCUT2D eigenvalue weighted by atomic mass is 9.91. The van der Waals surface area contributed by atoms with Crippen LogP contribution in [0.5, 0.6) is 5.75 Å². The number of benzene rings is 1. The van der Waals surface area contributed by atoms with Gasteiger partial charge in [0.1, 0.15) is 11.8 Å². The van der Waals surface area contributed by atoms with E-state index >= 15 is 0 Å². The Hall–Kier alpha value is -2.74. The number of pyridine rings is 1. The monoisotopic (exact) mass is 452 g/mol. The van der Waals surface area contributed by atoms with Crippen LogP contribution in [-0.2, 0) is 5.54 Å². The van der Waals surface area contributed by atoms with Crippen molar-refractivity contribution < 1.29 is 4.74 Å². The first-order valence-electron chi connectivity index (χ1n) is 12.2. The number of fused-ring (bicyclic) bond motifs is 1. The lowest BCUT2D eigenvalue weighted by Crippen LogP contribution is -2.42. The summed E-state index contributed by atoms with van der Waals surface area (Å²) >= 11 is 0. The highest BCUT2D eigenvalue weighted by Gasteiger charge is 2.35. The Morgan fingerprint density at radius 2 is 1.97 bits per heavy atom. The minimum absolute atomic E-state index is 0.108. The van der Waals surface area contributed by atoms with Gasteiger partial charge in [-0.1, -0.05) is 26.2 Å². The van der Waals surface area contributed by atoms with Crippen LogP contribution in [-0.4, -0.2) is 49.8 Å². The molecule has 0 bridgehead atoms. The second-order valence-electron chi connectivity index (χ2n) is 9.71. The fraction of sp³-hybridized carbons (Fsp3) is 0.600. The predicted molar refractivity (Wildman–Crippen MR) is 130 cm³/mol. The molecule has 0 amide bonds. The quantitative estimate of drug-likeness (QED) is 0.544. The van der Waals surface area contributed by atoms with E-state index in [0.717, 1.165) is 35.9 Å². The number of hydrogen-bond donors (Lipinski definition) is 1. The van der Waals surface area contributed by atoms with Crippen LogP contribution in [0.25, 0.3) is 10.9 Å². The average molecular weight is 453 g/mol. The van der Waals surface area contributed by atoms with Crippen molar-refractivity contribution in [2.75, 3.05) is 13.7 Å². The first kappa shape index (κ1) is 23.4. The molecule has 4 rings (SSSR count). The number of aromatic nitrogens is 5. The van der Waals surface area contributed by atoms with Gasteiger partial charge >= 0.3 is 0 Å². The molecule has 178 valence electrons. The summed E-state index contributed by atoms with van der Waals surface area (Å²) in [5.41, 5.74) is 1.08. The van der Waals surface area contributed by atoms with Gasteiger partial charge in [-0.2, -0.15) is 0 Å². The molecule has 1 aromatic carbocycles. The molecular weight excluding hydrogens is 416 g/mol. The zero-order chi connectivity index (χ0) is 23.6. The number of hydrogen-bond acceptors (Lipinski definition) is 6. The Morgan fingerprint density at radius 3 is 2.67 bits per heavy atom. The van der Waals surface area contributed by atoms with Crippen LogP contribution in [0.15, 0.2) is 29.1 Å².